The van der Waals surface area contributed by atoms with Crippen molar-refractivity contribution in [3.63, 3.8) is 0 Å². The minimum absolute atomic E-state index is 0.427. The summed E-state index contributed by atoms with van der Waals surface area (Å²) in [5.41, 5.74) is 3.58. The molecule has 1 aliphatic carbocycles. The van der Waals surface area contributed by atoms with E-state index >= 15 is 0 Å². The van der Waals surface area contributed by atoms with Gasteiger partial charge in [-0.15, -0.1) is 0 Å². The van der Waals surface area contributed by atoms with Gasteiger partial charge >= 0.3 is 0 Å². The molecule has 2 rings (SSSR count). The minimum atomic E-state index is 0.427. The van der Waals surface area contributed by atoms with Crippen molar-refractivity contribution in [2.45, 2.75) is 47.2 Å². The number of aryl methyl sites for hydroxylation is 1. The Hall–Kier alpha value is -0.820. The topological polar surface area (TPSA) is 12.0 Å². The zero-order chi connectivity index (χ0) is 12.0. The highest BCUT2D eigenvalue weighted by atomic mass is 15.0. The van der Waals surface area contributed by atoms with Crippen molar-refractivity contribution < 1.29 is 0 Å². The standard InChI is InChI=1S/C15H23N/c1-11-7-6-8-12(9-11)10-16-13-14(2,3)15(13,4)5/h6-9,13,16H,10H2,1-5H3. The largest absolute Gasteiger partial charge is 0.309 e. The number of hydrogen-bond donors (Lipinski definition) is 1. The number of rotatable bonds is 3. The molecule has 1 saturated carbocycles. The smallest absolute Gasteiger partial charge is 0.0208 e. The number of hydrogen-bond acceptors (Lipinski definition) is 1. The number of nitrogens with one attached hydrogen (secondary N) is 1. The van der Waals surface area contributed by atoms with E-state index < -0.39 is 0 Å². The van der Waals surface area contributed by atoms with Gasteiger partial charge in [-0.1, -0.05) is 57.5 Å². The molecule has 88 valence electrons. The summed E-state index contributed by atoms with van der Waals surface area (Å²) in [7, 11) is 0. The van der Waals surface area contributed by atoms with E-state index in [2.05, 4.69) is 64.2 Å². The third-order valence-electron chi connectivity index (χ3n) is 4.61. The van der Waals surface area contributed by atoms with Gasteiger partial charge in [0.2, 0.25) is 0 Å². The molecule has 0 unspecified atom stereocenters. The lowest BCUT2D eigenvalue weighted by Crippen LogP contribution is -2.21. The van der Waals surface area contributed by atoms with Crippen molar-refractivity contribution in [2.75, 3.05) is 0 Å². The SMILES string of the molecule is Cc1cccc(CNC2C(C)(C)C2(C)C)c1. The highest BCUT2D eigenvalue weighted by Gasteiger charge is 2.64. The first-order chi connectivity index (χ1) is 7.35. The van der Waals surface area contributed by atoms with Crippen molar-refractivity contribution >= 4 is 0 Å². The van der Waals surface area contributed by atoms with Gasteiger partial charge in [0.1, 0.15) is 0 Å². The molecule has 1 fully saturated rings. The van der Waals surface area contributed by atoms with Crippen LogP contribution in [0.3, 0.4) is 0 Å². The normalized spacial score (nSPS) is 22.1. The van der Waals surface area contributed by atoms with Gasteiger partial charge in [0.15, 0.2) is 0 Å². The van der Waals surface area contributed by atoms with E-state index in [4.69, 9.17) is 0 Å². The third kappa shape index (κ3) is 1.78. The van der Waals surface area contributed by atoms with E-state index in [0.29, 0.717) is 16.9 Å². The Bertz CT molecular complexity index is 376. The van der Waals surface area contributed by atoms with Crippen molar-refractivity contribution in [1.82, 2.24) is 5.32 Å². The molecule has 1 aromatic carbocycles. The van der Waals surface area contributed by atoms with E-state index in [1.807, 2.05) is 0 Å². The van der Waals surface area contributed by atoms with Crippen LogP contribution in [0.2, 0.25) is 0 Å². The molecule has 1 aliphatic rings. The van der Waals surface area contributed by atoms with Gasteiger partial charge in [0, 0.05) is 12.6 Å². The van der Waals surface area contributed by atoms with Crippen LogP contribution >= 0.6 is 0 Å². The molecule has 0 aliphatic heterocycles. The fraction of sp³-hybridized carbons (Fsp3) is 0.600. The van der Waals surface area contributed by atoms with Gasteiger partial charge in [-0.25, -0.2) is 0 Å². The second-order valence-corrected chi connectivity index (χ2v) is 6.25. The first-order valence-electron chi connectivity index (χ1n) is 6.14. The molecule has 1 N–H and O–H groups in total. The maximum absolute atomic E-state index is 3.68. The molecule has 0 atom stereocenters. The zero-order valence-electron chi connectivity index (χ0n) is 11.1. The lowest BCUT2D eigenvalue weighted by Gasteiger charge is -2.07. The van der Waals surface area contributed by atoms with E-state index in [1.54, 1.807) is 0 Å². The summed E-state index contributed by atoms with van der Waals surface area (Å²) in [6.07, 6.45) is 0. The van der Waals surface area contributed by atoms with Gasteiger partial charge < -0.3 is 5.32 Å². The molecule has 0 aromatic heterocycles. The van der Waals surface area contributed by atoms with Crippen LogP contribution in [-0.2, 0) is 6.54 Å². The first kappa shape index (κ1) is 11.7. The van der Waals surface area contributed by atoms with Crippen LogP contribution in [0.5, 0.6) is 0 Å². The second-order valence-electron chi connectivity index (χ2n) is 6.25. The Kier molecular flexibility index (Phi) is 2.62. The maximum Gasteiger partial charge on any atom is 0.0208 e. The molecule has 0 saturated heterocycles. The Morgan fingerprint density at radius 1 is 1.12 bits per heavy atom. The maximum atomic E-state index is 3.68. The molecule has 1 nitrogen and oxygen atoms in total. The van der Waals surface area contributed by atoms with Gasteiger partial charge in [-0.2, -0.15) is 0 Å². The summed E-state index contributed by atoms with van der Waals surface area (Å²) in [6.45, 7) is 12.5. The van der Waals surface area contributed by atoms with Crippen molar-refractivity contribution in [3.05, 3.63) is 35.4 Å². The Labute approximate surface area is 99.3 Å². The lowest BCUT2D eigenvalue weighted by molar-refractivity contribution is 0.457. The Morgan fingerprint density at radius 3 is 2.25 bits per heavy atom. The lowest BCUT2D eigenvalue weighted by atomic mass is 10.0. The highest BCUT2D eigenvalue weighted by Crippen LogP contribution is 2.62. The first-order valence-corrected chi connectivity index (χ1v) is 6.14. The predicted molar refractivity (Wildman–Crippen MR) is 69.4 cm³/mol. The van der Waals surface area contributed by atoms with Crippen molar-refractivity contribution in [1.29, 1.82) is 0 Å². The van der Waals surface area contributed by atoms with Crippen LogP contribution in [0.1, 0.15) is 38.8 Å². The quantitative estimate of drug-likeness (QED) is 0.817. The second kappa shape index (κ2) is 3.59. The van der Waals surface area contributed by atoms with E-state index in [9.17, 15) is 0 Å². The predicted octanol–water partition coefficient (Wildman–Crippen LogP) is 3.52. The molecule has 16 heavy (non-hydrogen) atoms. The molecule has 1 aromatic rings. The van der Waals surface area contributed by atoms with Crippen molar-refractivity contribution in [3.8, 4) is 0 Å². The molecular weight excluding hydrogens is 194 g/mol. The highest BCUT2D eigenvalue weighted by molar-refractivity contribution is 5.24. The Balaban J connectivity index is 1.95. The molecule has 0 spiro atoms. The van der Waals surface area contributed by atoms with Crippen LogP contribution in [0.25, 0.3) is 0 Å². The van der Waals surface area contributed by atoms with Gasteiger partial charge in [0.05, 0.1) is 0 Å². The van der Waals surface area contributed by atoms with Crippen LogP contribution in [0.15, 0.2) is 24.3 Å². The fourth-order valence-electron chi connectivity index (χ4n) is 2.75. The van der Waals surface area contributed by atoms with Gasteiger partial charge in [0.25, 0.3) is 0 Å². The average Bonchev–Trinajstić information content (AvgIpc) is 2.55. The average molecular weight is 217 g/mol. The molecule has 0 heterocycles. The van der Waals surface area contributed by atoms with E-state index in [1.165, 1.54) is 11.1 Å². The van der Waals surface area contributed by atoms with Crippen LogP contribution in [0, 0.1) is 17.8 Å². The van der Waals surface area contributed by atoms with Crippen molar-refractivity contribution in [2.24, 2.45) is 10.8 Å². The third-order valence-corrected chi connectivity index (χ3v) is 4.61. The summed E-state index contributed by atoms with van der Waals surface area (Å²) < 4.78 is 0. The summed E-state index contributed by atoms with van der Waals surface area (Å²) in [5.74, 6) is 0. The summed E-state index contributed by atoms with van der Waals surface area (Å²) in [6, 6.07) is 9.38. The molecule has 0 radical (unpaired) electrons. The molecular formula is C15H23N. The number of benzene rings is 1. The van der Waals surface area contributed by atoms with Gasteiger partial charge in [-0.05, 0) is 23.3 Å². The molecule has 0 bridgehead atoms. The molecule has 1 heteroatoms. The monoisotopic (exact) mass is 217 g/mol. The summed E-state index contributed by atoms with van der Waals surface area (Å²) in [4.78, 5) is 0. The minimum Gasteiger partial charge on any atom is -0.309 e. The fourth-order valence-corrected chi connectivity index (χ4v) is 2.75. The molecule has 0 amide bonds. The summed E-state index contributed by atoms with van der Waals surface area (Å²) >= 11 is 0. The summed E-state index contributed by atoms with van der Waals surface area (Å²) in [5, 5.41) is 3.68. The van der Waals surface area contributed by atoms with Gasteiger partial charge in [-0.3, -0.25) is 0 Å². The Morgan fingerprint density at radius 2 is 1.75 bits per heavy atom. The van der Waals surface area contributed by atoms with Crippen LogP contribution < -0.4 is 5.32 Å². The van der Waals surface area contributed by atoms with E-state index in [0.717, 1.165) is 6.54 Å². The van der Waals surface area contributed by atoms with E-state index in [-0.39, 0.29) is 0 Å². The zero-order valence-corrected chi connectivity index (χ0v) is 11.1. The van der Waals surface area contributed by atoms with Crippen LogP contribution in [0.4, 0.5) is 0 Å². The van der Waals surface area contributed by atoms with Crippen LogP contribution in [-0.4, -0.2) is 6.04 Å².